The van der Waals surface area contributed by atoms with Crippen molar-refractivity contribution in [3.8, 4) is 0 Å². The Morgan fingerprint density at radius 2 is 1.39 bits per heavy atom. The molecule has 0 spiro atoms. The van der Waals surface area contributed by atoms with Gasteiger partial charge in [0.1, 0.15) is 23.3 Å². The predicted molar refractivity (Wildman–Crippen MR) is 59.8 cm³/mol. The Balaban J connectivity index is 2.11. The molecular formula is C14H9F4. The van der Waals surface area contributed by atoms with Crippen molar-refractivity contribution in [1.82, 2.24) is 0 Å². The summed E-state index contributed by atoms with van der Waals surface area (Å²) in [5, 5.41) is 0. The predicted octanol–water partition coefficient (Wildman–Crippen LogP) is 4.04. The molecule has 0 saturated heterocycles. The Kier molecular flexibility index (Phi) is 3.65. The summed E-state index contributed by atoms with van der Waals surface area (Å²) in [6.07, 6.45) is 1.53. The second-order valence-electron chi connectivity index (χ2n) is 3.81. The van der Waals surface area contributed by atoms with Crippen LogP contribution in [0.5, 0.6) is 0 Å². The fourth-order valence-corrected chi connectivity index (χ4v) is 1.57. The molecule has 0 unspecified atom stereocenters. The third-order valence-electron chi connectivity index (χ3n) is 2.52. The molecule has 0 aliphatic heterocycles. The van der Waals surface area contributed by atoms with Gasteiger partial charge in [0, 0.05) is 12.1 Å². The lowest BCUT2D eigenvalue weighted by Crippen LogP contribution is -1.96. The zero-order valence-electron chi connectivity index (χ0n) is 9.26. The highest BCUT2D eigenvalue weighted by atomic mass is 19.1. The maximum atomic E-state index is 13.3. The van der Waals surface area contributed by atoms with Crippen LogP contribution in [0.3, 0.4) is 0 Å². The molecule has 0 nitrogen and oxygen atoms in total. The summed E-state index contributed by atoms with van der Waals surface area (Å²) in [4.78, 5) is 0. The lowest BCUT2D eigenvalue weighted by atomic mass is 10.0. The van der Waals surface area contributed by atoms with Crippen molar-refractivity contribution in [3.63, 3.8) is 0 Å². The van der Waals surface area contributed by atoms with Crippen molar-refractivity contribution < 1.29 is 17.6 Å². The van der Waals surface area contributed by atoms with Crippen LogP contribution in [-0.2, 0) is 6.42 Å². The van der Waals surface area contributed by atoms with Gasteiger partial charge in [-0.15, -0.1) is 0 Å². The molecule has 18 heavy (non-hydrogen) atoms. The summed E-state index contributed by atoms with van der Waals surface area (Å²) in [6, 6.07) is 6.34. The van der Waals surface area contributed by atoms with Crippen molar-refractivity contribution >= 4 is 0 Å². The highest BCUT2D eigenvalue weighted by molar-refractivity contribution is 5.29. The molecule has 0 atom stereocenters. The van der Waals surface area contributed by atoms with Crippen LogP contribution in [0, 0.1) is 29.7 Å². The van der Waals surface area contributed by atoms with E-state index in [0.717, 1.165) is 24.3 Å². The van der Waals surface area contributed by atoms with Crippen molar-refractivity contribution in [1.29, 1.82) is 0 Å². The molecule has 4 heteroatoms. The topological polar surface area (TPSA) is 0 Å². The van der Waals surface area contributed by atoms with Gasteiger partial charge in [-0.1, -0.05) is 12.1 Å². The van der Waals surface area contributed by atoms with Crippen molar-refractivity contribution in [2.45, 2.75) is 6.42 Å². The molecule has 2 rings (SSSR count). The summed E-state index contributed by atoms with van der Waals surface area (Å²) >= 11 is 0. The van der Waals surface area contributed by atoms with E-state index in [2.05, 4.69) is 0 Å². The highest BCUT2D eigenvalue weighted by Crippen LogP contribution is 2.17. The van der Waals surface area contributed by atoms with Gasteiger partial charge in [-0.2, -0.15) is 0 Å². The zero-order valence-corrected chi connectivity index (χ0v) is 9.26. The first-order valence-electron chi connectivity index (χ1n) is 5.28. The van der Waals surface area contributed by atoms with E-state index < -0.39 is 23.3 Å². The first-order chi connectivity index (χ1) is 8.56. The number of benzene rings is 2. The number of hydrogen-bond acceptors (Lipinski definition) is 0. The monoisotopic (exact) mass is 253 g/mol. The van der Waals surface area contributed by atoms with Gasteiger partial charge in [-0.05, 0) is 36.1 Å². The minimum atomic E-state index is -0.711. The molecule has 0 aromatic heterocycles. The molecule has 1 radical (unpaired) electrons. The molecular weight excluding hydrogens is 244 g/mol. The fraction of sp³-hybridized carbons (Fsp3) is 0.0714. The van der Waals surface area contributed by atoms with E-state index in [9.17, 15) is 17.6 Å². The third kappa shape index (κ3) is 2.88. The van der Waals surface area contributed by atoms with Gasteiger partial charge >= 0.3 is 0 Å². The second kappa shape index (κ2) is 5.21. The zero-order chi connectivity index (χ0) is 13.1. The van der Waals surface area contributed by atoms with Crippen molar-refractivity contribution in [3.05, 3.63) is 77.2 Å². The van der Waals surface area contributed by atoms with Crippen LogP contribution in [0.2, 0.25) is 0 Å². The normalized spacial score (nSPS) is 10.7. The minimum absolute atomic E-state index is 0.106. The van der Waals surface area contributed by atoms with Crippen molar-refractivity contribution in [2.24, 2.45) is 0 Å². The lowest BCUT2D eigenvalue weighted by Gasteiger charge is -2.04. The first-order valence-corrected chi connectivity index (χ1v) is 5.28. The van der Waals surface area contributed by atoms with E-state index in [1.807, 2.05) is 0 Å². The first kappa shape index (κ1) is 12.6. The summed E-state index contributed by atoms with van der Waals surface area (Å²) in [5.41, 5.74) is 0.431. The fourth-order valence-electron chi connectivity index (χ4n) is 1.57. The molecule has 0 bridgehead atoms. The number of halogens is 4. The Morgan fingerprint density at radius 1 is 0.778 bits per heavy atom. The summed E-state index contributed by atoms with van der Waals surface area (Å²) in [5.74, 6) is -2.73. The molecule has 0 aliphatic rings. The van der Waals surface area contributed by atoms with Crippen LogP contribution >= 0.6 is 0 Å². The van der Waals surface area contributed by atoms with Gasteiger partial charge in [0.25, 0.3) is 0 Å². The number of rotatable bonds is 3. The SMILES string of the molecule is Fc1ccc([CH]Cc2ccc(F)cc2F)c(F)c1. The van der Waals surface area contributed by atoms with Crippen LogP contribution < -0.4 is 0 Å². The molecule has 0 aliphatic carbocycles. The van der Waals surface area contributed by atoms with E-state index in [1.165, 1.54) is 18.6 Å². The van der Waals surface area contributed by atoms with Crippen LogP contribution in [0.1, 0.15) is 11.1 Å². The van der Waals surface area contributed by atoms with Crippen molar-refractivity contribution in [2.75, 3.05) is 0 Å². The van der Waals surface area contributed by atoms with Gasteiger partial charge in [0.15, 0.2) is 0 Å². The van der Waals surface area contributed by atoms with E-state index in [4.69, 9.17) is 0 Å². The molecule has 2 aromatic carbocycles. The molecule has 0 fully saturated rings. The van der Waals surface area contributed by atoms with Gasteiger partial charge < -0.3 is 0 Å². The molecule has 0 amide bonds. The van der Waals surface area contributed by atoms with E-state index in [-0.39, 0.29) is 17.5 Å². The van der Waals surface area contributed by atoms with E-state index in [1.54, 1.807) is 0 Å². The van der Waals surface area contributed by atoms with Crippen LogP contribution in [0.4, 0.5) is 17.6 Å². The smallest absolute Gasteiger partial charge is 0.129 e. The third-order valence-corrected chi connectivity index (χ3v) is 2.52. The molecule has 93 valence electrons. The Hall–Kier alpha value is -1.84. The average Bonchev–Trinajstić information content (AvgIpc) is 2.30. The molecule has 0 saturated carbocycles. The van der Waals surface area contributed by atoms with E-state index in [0.29, 0.717) is 0 Å². The van der Waals surface area contributed by atoms with E-state index >= 15 is 0 Å². The Labute approximate surface area is 102 Å². The van der Waals surface area contributed by atoms with Gasteiger partial charge in [-0.3, -0.25) is 0 Å². The van der Waals surface area contributed by atoms with Gasteiger partial charge in [0.2, 0.25) is 0 Å². The molecule has 0 N–H and O–H groups in total. The summed E-state index contributed by atoms with van der Waals surface area (Å²) < 4.78 is 51.9. The second-order valence-corrected chi connectivity index (χ2v) is 3.81. The highest BCUT2D eigenvalue weighted by Gasteiger charge is 2.07. The largest absolute Gasteiger partial charge is 0.207 e. The standard InChI is InChI=1S/C14H9F4/c15-11-5-3-9(13(17)7-11)1-2-10-4-6-12(16)8-14(10)18/h1,3-8H,2H2. The van der Waals surface area contributed by atoms with Gasteiger partial charge in [0.05, 0.1) is 0 Å². The minimum Gasteiger partial charge on any atom is -0.207 e. The maximum absolute atomic E-state index is 13.3. The molecule has 0 heterocycles. The van der Waals surface area contributed by atoms with Crippen LogP contribution in [-0.4, -0.2) is 0 Å². The van der Waals surface area contributed by atoms with Crippen LogP contribution in [0.15, 0.2) is 36.4 Å². The molecule has 2 aromatic rings. The summed E-state index contributed by atoms with van der Waals surface area (Å²) in [7, 11) is 0. The van der Waals surface area contributed by atoms with Crippen LogP contribution in [0.25, 0.3) is 0 Å². The number of hydrogen-bond donors (Lipinski definition) is 0. The Bertz CT molecular complexity index is 512. The quantitative estimate of drug-likeness (QED) is 0.724. The average molecular weight is 253 g/mol. The van der Waals surface area contributed by atoms with Gasteiger partial charge in [-0.25, -0.2) is 17.6 Å². The lowest BCUT2D eigenvalue weighted by molar-refractivity contribution is 0.570. The Morgan fingerprint density at radius 3 is 2.00 bits per heavy atom. The maximum Gasteiger partial charge on any atom is 0.129 e. The summed E-state index contributed by atoms with van der Waals surface area (Å²) in [6.45, 7) is 0.